The molecular weight excluding hydrogens is 254 g/mol. The fourth-order valence-electron chi connectivity index (χ4n) is 2.19. The SMILES string of the molecule is CCC(=O)Nc1ccc(C(=O)NC2CCNCC2)cc1. The lowest BCUT2D eigenvalue weighted by molar-refractivity contribution is -0.115. The van der Waals surface area contributed by atoms with E-state index in [0.29, 0.717) is 12.0 Å². The lowest BCUT2D eigenvalue weighted by Gasteiger charge is -2.23. The predicted octanol–water partition coefficient (Wildman–Crippen LogP) is 1.52. The van der Waals surface area contributed by atoms with E-state index < -0.39 is 0 Å². The van der Waals surface area contributed by atoms with Crippen molar-refractivity contribution in [3.05, 3.63) is 29.8 Å². The first-order valence-corrected chi connectivity index (χ1v) is 7.10. The van der Waals surface area contributed by atoms with Gasteiger partial charge in [-0.25, -0.2) is 0 Å². The minimum Gasteiger partial charge on any atom is -0.349 e. The Kier molecular flexibility index (Phi) is 5.12. The number of hydrogen-bond donors (Lipinski definition) is 3. The second kappa shape index (κ2) is 7.05. The first-order valence-electron chi connectivity index (χ1n) is 7.10. The van der Waals surface area contributed by atoms with Crippen LogP contribution in [0.3, 0.4) is 0 Å². The van der Waals surface area contributed by atoms with E-state index >= 15 is 0 Å². The summed E-state index contributed by atoms with van der Waals surface area (Å²) < 4.78 is 0. The van der Waals surface area contributed by atoms with Crippen LogP contribution in [0.25, 0.3) is 0 Å². The lowest BCUT2D eigenvalue weighted by atomic mass is 10.1. The molecule has 0 saturated carbocycles. The van der Waals surface area contributed by atoms with E-state index in [4.69, 9.17) is 0 Å². The number of carbonyl (C=O) groups is 2. The monoisotopic (exact) mass is 275 g/mol. The molecule has 1 aromatic carbocycles. The number of rotatable bonds is 4. The highest BCUT2D eigenvalue weighted by atomic mass is 16.2. The maximum absolute atomic E-state index is 12.1. The number of nitrogens with one attached hydrogen (secondary N) is 3. The van der Waals surface area contributed by atoms with Crippen LogP contribution in [0.2, 0.25) is 0 Å². The molecule has 0 aliphatic carbocycles. The van der Waals surface area contributed by atoms with Gasteiger partial charge in [-0.05, 0) is 50.2 Å². The highest BCUT2D eigenvalue weighted by Gasteiger charge is 2.16. The van der Waals surface area contributed by atoms with Crippen LogP contribution in [0.1, 0.15) is 36.5 Å². The Morgan fingerprint density at radius 2 is 1.85 bits per heavy atom. The highest BCUT2D eigenvalue weighted by molar-refractivity contribution is 5.95. The van der Waals surface area contributed by atoms with Gasteiger partial charge in [0.05, 0.1) is 0 Å². The quantitative estimate of drug-likeness (QED) is 0.780. The number of carbonyl (C=O) groups excluding carboxylic acids is 2. The topological polar surface area (TPSA) is 70.2 Å². The Morgan fingerprint density at radius 3 is 2.45 bits per heavy atom. The zero-order valence-corrected chi connectivity index (χ0v) is 11.7. The van der Waals surface area contributed by atoms with Crippen molar-refractivity contribution < 1.29 is 9.59 Å². The smallest absolute Gasteiger partial charge is 0.251 e. The van der Waals surface area contributed by atoms with Gasteiger partial charge in [-0.15, -0.1) is 0 Å². The van der Waals surface area contributed by atoms with Gasteiger partial charge in [0.2, 0.25) is 5.91 Å². The largest absolute Gasteiger partial charge is 0.349 e. The first kappa shape index (κ1) is 14.5. The minimum atomic E-state index is -0.0507. The average molecular weight is 275 g/mol. The van der Waals surface area contributed by atoms with Gasteiger partial charge < -0.3 is 16.0 Å². The van der Waals surface area contributed by atoms with Crippen LogP contribution in [-0.2, 0) is 4.79 Å². The van der Waals surface area contributed by atoms with Crippen LogP contribution < -0.4 is 16.0 Å². The second-order valence-electron chi connectivity index (χ2n) is 4.98. The summed E-state index contributed by atoms with van der Waals surface area (Å²) in [6.45, 7) is 3.70. The highest BCUT2D eigenvalue weighted by Crippen LogP contribution is 2.11. The van der Waals surface area contributed by atoms with E-state index in [2.05, 4.69) is 16.0 Å². The van der Waals surface area contributed by atoms with E-state index in [1.54, 1.807) is 31.2 Å². The summed E-state index contributed by atoms with van der Waals surface area (Å²) in [4.78, 5) is 23.4. The molecule has 20 heavy (non-hydrogen) atoms. The van der Waals surface area contributed by atoms with Crippen molar-refractivity contribution in [1.29, 1.82) is 0 Å². The summed E-state index contributed by atoms with van der Waals surface area (Å²) in [5, 5.41) is 9.07. The zero-order chi connectivity index (χ0) is 14.4. The Morgan fingerprint density at radius 1 is 1.20 bits per heavy atom. The van der Waals surface area contributed by atoms with Crippen molar-refractivity contribution in [2.75, 3.05) is 18.4 Å². The van der Waals surface area contributed by atoms with Crippen LogP contribution in [0.5, 0.6) is 0 Å². The van der Waals surface area contributed by atoms with Crippen molar-refractivity contribution in [3.63, 3.8) is 0 Å². The summed E-state index contributed by atoms with van der Waals surface area (Å²) >= 11 is 0. The van der Waals surface area contributed by atoms with Gasteiger partial charge >= 0.3 is 0 Å². The normalized spacial score (nSPS) is 15.7. The van der Waals surface area contributed by atoms with E-state index in [9.17, 15) is 9.59 Å². The van der Waals surface area contributed by atoms with Crippen molar-refractivity contribution in [2.45, 2.75) is 32.2 Å². The van der Waals surface area contributed by atoms with Crippen molar-refractivity contribution in [1.82, 2.24) is 10.6 Å². The molecule has 5 nitrogen and oxygen atoms in total. The third kappa shape index (κ3) is 4.06. The molecule has 1 aromatic rings. The Labute approximate surface area is 119 Å². The first-order chi connectivity index (χ1) is 9.69. The molecule has 0 radical (unpaired) electrons. The lowest BCUT2D eigenvalue weighted by Crippen LogP contribution is -2.42. The summed E-state index contributed by atoms with van der Waals surface area (Å²) in [5.41, 5.74) is 1.34. The molecule has 1 fully saturated rings. The molecule has 2 amide bonds. The Hall–Kier alpha value is -1.88. The van der Waals surface area contributed by atoms with Gasteiger partial charge in [0.25, 0.3) is 5.91 Å². The minimum absolute atomic E-state index is 0.0306. The standard InChI is InChI=1S/C15H21N3O2/c1-2-14(19)17-12-5-3-11(4-6-12)15(20)18-13-7-9-16-10-8-13/h3-6,13,16H,2,7-10H2,1H3,(H,17,19)(H,18,20). The van der Waals surface area contributed by atoms with E-state index in [1.807, 2.05) is 0 Å². The molecule has 0 atom stereocenters. The fourth-order valence-corrected chi connectivity index (χ4v) is 2.19. The average Bonchev–Trinajstić information content (AvgIpc) is 2.49. The number of hydrogen-bond acceptors (Lipinski definition) is 3. The van der Waals surface area contributed by atoms with Gasteiger partial charge in [-0.2, -0.15) is 0 Å². The molecule has 1 heterocycles. The van der Waals surface area contributed by atoms with Gasteiger partial charge in [0.15, 0.2) is 0 Å². The van der Waals surface area contributed by atoms with Crippen molar-refractivity contribution in [3.8, 4) is 0 Å². The molecule has 2 rings (SSSR count). The maximum Gasteiger partial charge on any atom is 0.251 e. The van der Waals surface area contributed by atoms with Crippen LogP contribution in [0.4, 0.5) is 5.69 Å². The molecule has 1 aliphatic heterocycles. The summed E-state index contributed by atoms with van der Waals surface area (Å²) in [6.07, 6.45) is 2.38. The Balaban J connectivity index is 1.91. The number of benzene rings is 1. The zero-order valence-electron chi connectivity index (χ0n) is 11.7. The number of amides is 2. The molecule has 1 saturated heterocycles. The molecule has 1 aliphatic rings. The molecule has 0 spiro atoms. The number of piperidine rings is 1. The molecule has 108 valence electrons. The van der Waals surface area contributed by atoms with Gasteiger partial charge in [0.1, 0.15) is 0 Å². The van der Waals surface area contributed by atoms with E-state index in [1.165, 1.54) is 0 Å². The molecule has 3 N–H and O–H groups in total. The second-order valence-corrected chi connectivity index (χ2v) is 4.98. The van der Waals surface area contributed by atoms with Crippen LogP contribution in [0.15, 0.2) is 24.3 Å². The molecular formula is C15H21N3O2. The molecule has 0 unspecified atom stereocenters. The van der Waals surface area contributed by atoms with Crippen LogP contribution in [-0.4, -0.2) is 30.9 Å². The summed E-state index contributed by atoms with van der Waals surface area (Å²) in [7, 11) is 0. The third-order valence-electron chi connectivity index (χ3n) is 3.43. The third-order valence-corrected chi connectivity index (χ3v) is 3.43. The van der Waals surface area contributed by atoms with E-state index in [0.717, 1.165) is 31.6 Å². The van der Waals surface area contributed by atoms with Crippen LogP contribution >= 0.6 is 0 Å². The molecule has 0 aromatic heterocycles. The molecule has 0 bridgehead atoms. The van der Waals surface area contributed by atoms with Gasteiger partial charge in [-0.3, -0.25) is 9.59 Å². The Bertz CT molecular complexity index is 465. The summed E-state index contributed by atoms with van der Waals surface area (Å²) in [5.74, 6) is -0.0813. The molecule has 5 heteroatoms. The van der Waals surface area contributed by atoms with E-state index in [-0.39, 0.29) is 17.9 Å². The van der Waals surface area contributed by atoms with Crippen molar-refractivity contribution >= 4 is 17.5 Å². The van der Waals surface area contributed by atoms with Gasteiger partial charge in [0, 0.05) is 23.7 Å². The predicted molar refractivity (Wildman–Crippen MR) is 78.7 cm³/mol. The fraction of sp³-hybridized carbons (Fsp3) is 0.467. The van der Waals surface area contributed by atoms with Gasteiger partial charge in [-0.1, -0.05) is 6.92 Å². The van der Waals surface area contributed by atoms with Crippen molar-refractivity contribution in [2.24, 2.45) is 0 Å². The van der Waals surface area contributed by atoms with Crippen LogP contribution in [0, 0.1) is 0 Å². The summed E-state index contributed by atoms with van der Waals surface area (Å²) in [6, 6.07) is 7.24. The number of anilines is 1. The maximum atomic E-state index is 12.1.